The van der Waals surface area contributed by atoms with Crippen LogP contribution in [0.5, 0.6) is 0 Å². The average molecular weight is 339 g/mol. The van der Waals surface area contributed by atoms with Crippen LogP contribution in [0.25, 0.3) is 0 Å². The van der Waals surface area contributed by atoms with Crippen LogP contribution in [0.1, 0.15) is 37.4 Å². The van der Waals surface area contributed by atoms with Crippen LogP contribution in [0.2, 0.25) is 0 Å². The molecule has 8 heteroatoms. The number of hydrogen-bond acceptors (Lipinski definition) is 5. The van der Waals surface area contributed by atoms with Crippen LogP contribution in [-0.2, 0) is 16.4 Å². The molecule has 2 heterocycles. The zero-order chi connectivity index (χ0) is 16.4. The van der Waals surface area contributed by atoms with Crippen molar-refractivity contribution in [2.24, 2.45) is 0 Å². The molecule has 124 valence electrons. The lowest BCUT2D eigenvalue weighted by Crippen LogP contribution is -2.39. The molecule has 6 nitrogen and oxygen atoms in total. The van der Waals surface area contributed by atoms with E-state index in [2.05, 4.69) is 10.1 Å². The molecule has 1 atom stereocenters. The Morgan fingerprint density at radius 1 is 1.35 bits per heavy atom. The molecule has 0 saturated carbocycles. The summed E-state index contributed by atoms with van der Waals surface area (Å²) in [6.07, 6.45) is 2.20. The number of nitrogens with zero attached hydrogens (tertiary/aromatic N) is 3. The second-order valence-corrected chi connectivity index (χ2v) is 7.50. The topological polar surface area (TPSA) is 76.3 Å². The third-order valence-corrected chi connectivity index (χ3v) is 5.86. The van der Waals surface area contributed by atoms with Gasteiger partial charge in [-0.2, -0.15) is 9.29 Å². The Balaban J connectivity index is 1.81. The van der Waals surface area contributed by atoms with Gasteiger partial charge in [-0.3, -0.25) is 0 Å². The predicted molar refractivity (Wildman–Crippen MR) is 80.8 cm³/mol. The number of sulfonamides is 1. The van der Waals surface area contributed by atoms with Gasteiger partial charge in [-0.25, -0.2) is 12.8 Å². The third-order valence-electron chi connectivity index (χ3n) is 3.98. The van der Waals surface area contributed by atoms with E-state index >= 15 is 0 Å². The summed E-state index contributed by atoms with van der Waals surface area (Å²) in [6.45, 7) is 2.66. The van der Waals surface area contributed by atoms with Gasteiger partial charge in [-0.15, -0.1) is 0 Å². The lowest BCUT2D eigenvalue weighted by Gasteiger charge is -2.30. The molecule has 1 unspecified atom stereocenters. The Kier molecular flexibility index (Phi) is 4.45. The molecule has 0 spiro atoms. The monoisotopic (exact) mass is 339 g/mol. The van der Waals surface area contributed by atoms with E-state index in [1.807, 2.05) is 6.92 Å². The standard InChI is InChI=1S/C15H18FN3O3S/c1-2-14-17-15(22-18-14)11-4-3-9-19(10-11)23(20,21)13-7-5-12(16)6-8-13/h5-8,11H,2-4,9-10H2,1H3. The van der Waals surface area contributed by atoms with Crippen LogP contribution in [0, 0.1) is 5.82 Å². The lowest BCUT2D eigenvalue weighted by molar-refractivity contribution is 0.265. The fourth-order valence-electron chi connectivity index (χ4n) is 2.69. The molecule has 3 rings (SSSR count). The van der Waals surface area contributed by atoms with Crippen molar-refractivity contribution in [1.82, 2.24) is 14.4 Å². The minimum atomic E-state index is -3.64. The lowest BCUT2D eigenvalue weighted by atomic mass is 10.00. The Labute approximate surface area is 134 Å². The molecule has 1 saturated heterocycles. The quantitative estimate of drug-likeness (QED) is 0.854. The summed E-state index contributed by atoms with van der Waals surface area (Å²) in [5, 5.41) is 3.87. The van der Waals surface area contributed by atoms with Crippen LogP contribution >= 0.6 is 0 Å². The SMILES string of the molecule is CCc1noc(C2CCCN(S(=O)(=O)c3ccc(F)cc3)C2)n1. The minimum absolute atomic E-state index is 0.0966. The summed E-state index contributed by atoms with van der Waals surface area (Å²) in [4.78, 5) is 4.40. The number of aryl methyl sites for hydroxylation is 1. The van der Waals surface area contributed by atoms with Crippen LogP contribution in [0.15, 0.2) is 33.7 Å². The van der Waals surface area contributed by atoms with Gasteiger partial charge in [0.25, 0.3) is 0 Å². The van der Waals surface area contributed by atoms with E-state index in [1.165, 1.54) is 16.4 Å². The number of hydrogen-bond donors (Lipinski definition) is 0. The first-order chi connectivity index (χ1) is 11.0. The first-order valence-electron chi connectivity index (χ1n) is 7.59. The van der Waals surface area contributed by atoms with Gasteiger partial charge in [-0.1, -0.05) is 12.1 Å². The van der Waals surface area contributed by atoms with E-state index < -0.39 is 15.8 Å². The van der Waals surface area contributed by atoms with Gasteiger partial charge in [0.05, 0.1) is 10.8 Å². The van der Waals surface area contributed by atoms with E-state index in [9.17, 15) is 12.8 Å². The first-order valence-corrected chi connectivity index (χ1v) is 9.03. The molecule has 0 aliphatic carbocycles. The predicted octanol–water partition coefficient (Wildman–Crippen LogP) is 2.34. The van der Waals surface area contributed by atoms with Crippen molar-refractivity contribution < 1.29 is 17.3 Å². The maximum atomic E-state index is 13.0. The van der Waals surface area contributed by atoms with Gasteiger partial charge in [0.15, 0.2) is 5.82 Å². The Morgan fingerprint density at radius 3 is 2.74 bits per heavy atom. The normalized spacial score (nSPS) is 19.8. The summed E-state index contributed by atoms with van der Waals surface area (Å²) >= 11 is 0. The smallest absolute Gasteiger partial charge is 0.243 e. The molecule has 1 aliphatic rings. The Morgan fingerprint density at radius 2 is 2.09 bits per heavy atom. The van der Waals surface area contributed by atoms with Gasteiger partial charge in [0.2, 0.25) is 15.9 Å². The zero-order valence-corrected chi connectivity index (χ0v) is 13.6. The number of piperidine rings is 1. The number of halogens is 1. The molecule has 0 radical (unpaired) electrons. The van der Waals surface area contributed by atoms with Gasteiger partial charge in [-0.05, 0) is 37.1 Å². The molecule has 0 N–H and O–H groups in total. The maximum Gasteiger partial charge on any atom is 0.243 e. The second-order valence-electron chi connectivity index (χ2n) is 5.56. The molecule has 1 fully saturated rings. The highest BCUT2D eigenvalue weighted by atomic mass is 32.2. The van der Waals surface area contributed by atoms with E-state index in [0.717, 1.165) is 25.0 Å². The van der Waals surface area contributed by atoms with Crippen molar-refractivity contribution in [3.63, 3.8) is 0 Å². The minimum Gasteiger partial charge on any atom is -0.339 e. The van der Waals surface area contributed by atoms with Crippen LogP contribution < -0.4 is 0 Å². The molecule has 1 aromatic heterocycles. The fraction of sp³-hybridized carbons (Fsp3) is 0.467. The van der Waals surface area contributed by atoms with E-state index in [1.54, 1.807) is 0 Å². The molecular formula is C15H18FN3O3S. The van der Waals surface area contributed by atoms with Gasteiger partial charge in [0, 0.05) is 19.5 Å². The van der Waals surface area contributed by atoms with E-state index in [-0.39, 0.29) is 10.8 Å². The average Bonchev–Trinajstić information content (AvgIpc) is 3.04. The highest BCUT2D eigenvalue weighted by Gasteiger charge is 2.33. The second kappa shape index (κ2) is 6.37. The van der Waals surface area contributed by atoms with Crippen molar-refractivity contribution in [3.8, 4) is 0 Å². The zero-order valence-electron chi connectivity index (χ0n) is 12.8. The van der Waals surface area contributed by atoms with Crippen molar-refractivity contribution in [1.29, 1.82) is 0 Å². The third kappa shape index (κ3) is 3.28. The van der Waals surface area contributed by atoms with E-state index in [4.69, 9.17) is 4.52 Å². The summed E-state index contributed by atoms with van der Waals surface area (Å²) in [7, 11) is -3.64. The summed E-state index contributed by atoms with van der Waals surface area (Å²) in [5.41, 5.74) is 0. The van der Waals surface area contributed by atoms with Crippen LogP contribution in [-0.4, -0.2) is 36.0 Å². The molecule has 1 aliphatic heterocycles. The Bertz CT molecular complexity index is 774. The molecule has 23 heavy (non-hydrogen) atoms. The van der Waals surface area contributed by atoms with Gasteiger partial charge in [0.1, 0.15) is 5.82 Å². The van der Waals surface area contributed by atoms with Crippen LogP contribution in [0.4, 0.5) is 4.39 Å². The molecule has 0 amide bonds. The van der Waals surface area contributed by atoms with Crippen LogP contribution in [0.3, 0.4) is 0 Å². The Hall–Kier alpha value is -1.80. The number of aromatic nitrogens is 2. The fourth-order valence-corrected chi connectivity index (χ4v) is 4.22. The molecule has 0 bridgehead atoms. The number of benzene rings is 1. The largest absolute Gasteiger partial charge is 0.339 e. The summed E-state index contributed by atoms with van der Waals surface area (Å²) in [6, 6.07) is 4.88. The maximum absolute atomic E-state index is 13.0. The first kappa shape index (κ1) is 16.1. The van der Waals surface area contributed by atoms with Gasteiger partial charge >= 0.3 is 0 Å². The number of rotatable bonds is 4. The highest BCUT2D eigenvalue weighted by molar-refractivity contribution is 7.89. The van der Waals surface area contributed by atoms with Gasteiger partial charge < -0.3 is 4.52 Å². The summed E-state index contributed by atoms with van der Waals surface area (Å²) < 4.78 is 45.0. The van der Waals surface area contributed by atoms with E-state index in [0.29, 0.717) is 31.2 Å². The summed E-state index contributed by atoms with van der Waals surface area (Å²) in [5.74, 6) is 0.546. The van der Waals surface area contributed by atoms with Crippen molar-refractivity contribution in [2.75, 3.05) is 13.1 Å². The highest BCUT2D eigenvalue weighted by Crippen LogP contribution is 2.29. The molecule has 1 aromatic carbocycles. The van der Waals surface area contributed by atoms with Crippen molar-refractivity contribution in [2.45, 2.75) is 37.0 Å². The molecular weight excluding hydrogens is 321 g/mol. The van der Waals surface area contributed by atoms with Crippen molar-refractivity contribution in [3.05, 3.63) is 41.8 Å². The molecule has 2 aromatic rings. The van der Waals surface area contributed by atoms with Crippen molar-refractivity contribution >= 4 is 10.0 Å².